The fourth-order valence-electron chi connectivity index (χ4n) is 1.77. The lowest BCUT2D eigenvalue weighted by Crippen LogP contribution is -2.20. The molecule has 4 nitrogen and oxygen atoms in total. The Hall–Kier alpha value is -2.62. The van der Waals surface area contributed by atoms with Crippen LogP contribution >= 0.6 is 0 Å². The first-order valence-electron chi connectivity index (χ1n) is 5.38. The van der Waals surface area contributed by atoms with Crippen LogP contribution in [0.4, 0.5) is 0 Å². The van der Waals surface area contributed by atoms with Gasteiger partial charge in [0, 0.05) is 0 Å². The number of ether oxygens (including phenoxy) is 2. The third kappa shape index (κ3) is 1.64. The second-order valence-corrected chi connectivity index (χ2v) is 3.77. The first-order valence-corrected chi connectivity index (χ1v) is 5.38. The third-order valence-corrected chi connectivity index (χ3v) is 2.62. The summed E-state index contributed by atoms with van der Waals surface area (Å²) in [5.74, 6) is -0.639. The smallest absolute Gasteiger partial charge is 0.344 e. The maximum Gasteiger partial charge on any atom is 0.344 e. The highest BCUT2D eigenvalue weighted by Crippen LogP contribution is 2.30. The standard InChI is InChI=1S/C14H8O4/c15-13-9-5-1-2-6-10(9)14(16)18-12-8-4-3-7-11(12)17-13/h1-8H. The van der Waals surface area contributed by atoms with E-state index in [0.29, 0.717) is 0 Å². The summed E-state index contributed by atoms with van der Waals surface area (Å²) in [6.07, 6.45) is 0. The number of esters is 2. The molecule has 4 heteroatoms. The highest BCUT2D eigenvalue weighted by molar-refractivity contribution is 6.05. The van der Waals surface area contributed by atoms with Gasteiger partial charge in [-0.15, -0.1) is 0 Å². The first kappa shape index (κ1) is 10.5. The molecule has 0 fully saturated rings. The van der Waals surface area contributed by atoms with E-state index in [1.165, 1.54) is 12.1 Å². The Kier molecular flexibility index (Phi) is 2.34. The number of benzene rings is 2. The summed E-state index contributed by atoms with van der Waals surface area (Å²) in [7, 11) is 0. The molecular formula is C14H8O4. The zero-order valence-corrected chi connectivity index (χ0v) is 9.25. The molecule has 0 N–H and O–H groups in total. The van der Waals surface area contributed by atoms with Gasteiger partial charge in [-0.1, -0.05) is 24.3 Å². The quantitative estimate of drug-likeness (QED) is 0.524. The number of hydrogen-bond donors (Lipinski definition) is 0. The average molecular weight is 240 g/mol. The highest BCUT2D eigenvalue weighted by Gasteiger charge is 2.24. The summed E-state index contributed by atoms with van der Waals surface area (Å²) in [5.41, 5.74) is 0.411. The summed E-state index contributed by atoms with van der Waals surface area (Å²) < 4.78 is 10.4. The van der Waals surface area contributed by atoms with E-state index >= 15 is 0 Å². The monoisotopic (exact) mass is 240 g/mol. The van der Waals surface area contributed by atoms with Gasteiger partial charge in [-0.05, 0) is 24.3 Å². The normalized spacial score (nSPS) is 13.6. The highest BCUT2D eigenvalue weighted by atomic mass is 16.6. The summed E-state index contributed by atoms with van der Waals surface area (Å²) >= 11 is 0. The lowest BCUT2D eigenvalue weighted by Gasteiger charge is -2.15. The molecule has 1 aliphatic heterocycles. The largest absolute Gasteiger partial charge is 0.419 e. The minimum Gasteiger partial charge on any atom is -0.419 e. The number of rotatable bonds is 0. The SMILES string of the molecule is O=C1Oc2ccccc2OC(=O)c2ccccc21. The zero-order chi connectivity index (χ0) is 12.5. The van der Waals surface area contributed by atoms with Crippen molar-refractivity contribution in [3.63, 3.8) is 0 Å². The second kappa shape index (κ2) is 4.00. The number of carbonyl (C=O) groups is 2. The van der Waals surface area contributed by atoms with Gasteiger partial charge in [-0.3, -0.25) is 0 Å². The van der Waals surface area contributed by atoms with Crippen LogP contribution < -0.4 is 9.47 Å². The molecule has 0 atom stereocenters. The Bertz CT molecular complexity index is 590. The number of para-hydroxylation sites is 2. The van der Waals surface area contributed by atoms with E-state index < -0.39 is 11.9 Å². The van der Waals surface area contributed by atoms with Crippen LogP contribution in [0.15, 0.2) is 48.5 Å². The molecule has 0 aliphatic carbocycles. The molecule has 0 aromatic heterocycles. The van der Waals surface area contributed by atoms with Gasteiger partial charge >= 0.3 is 11.9 Å². The molecule has 1 aliphatic rings. The number of hydrogen-bond acceptors (Lipinski definition) is 4. The van der Waals surface area contributed by atoms with Crippen LogP contribution in [0.2, 0.25) is 0 Å². The van der Waals surface area contributed by atoms with E-state index in [1.54, 1.807) is 36.4 Å². The van der Waals surface area contributed by atoms with Crippen LogP contribution in [-0.2, 0) is 0 Å². The van der Waals surface area contributed by atoms with E-state index in [9.17, 15) is 9.59 Å². The van der Waals surface area contributed by atoms with Gasteiger partial charge in [0.25, 0.3) is 0 Å². The van der Waals surface area contributed by atoms with Gasteiger partial charge in [0.2, 0.25) is 0 Å². The van der Waals surface area contributed by atoms with Crippen LogP contribution in [0.25, 0.3) is 0 Å². The van der Waals surface area contributed by atoms with Gasteiger partial charge < -0.3 is 9.47 Å². The molecule has 0 amide bonds. The summed E-state index contributed by atoms with van der Waals surface area (Å²) in [5, 5.41) is 0. The van der Waals surface area contributed by atoms with E-state index in [1.807, 2.05) is 0 Å². The first-order chi connectivity index (χ1) is 8.75. The van der Waals surface area contributed by atoms with Gasteiger partial charge in [-0.2, -0.15) is 0 Å². The van der Waals surface area contributed by atoms with Crippen molar-refractivity contribution >= 4 is 11.9 Å². The van der Waals surface area contributed by atoms with Crippen molar-refractivity contribution < 1.29 is 19.1 Å². The fraction of sp³-hybridized carbons (Fsp3) is 0. The van der Waals surface area contributed by atoms with Crippen molar-refractivity contribution in [1.82, 2.24) is 0 Å². The fourth-order valence-corrected chi connectivity index (χ4v) is 1.77. The van der Waals surface area contributed by atoms with E-state index in [-0.39, 0.29) is 22.6 Å². The van der Waals surface area contributed by atoms with Crippen molar-refractivity contribution in [3.05, 3.63) is 59.7 Å². The molecule has 0 radical (unpaired) electrons. The maximum atomic E-state index is 11.9. The minimum absolute atomic E-state index is 0.206. The van der Waals surface area contributed by atoms with Crippen LogP contribution in [-0.4, -0.2) is 11.9 Å². The molecule has 0 saturated carbocycles. The summed E-state index contributed by atoms with van der Waals surface area (Å²) in [6, 6.07) is 13.0. The number of carbonyl (C=O) groups excluding carboxylic acids is 2. The van der Waals surface area contributed by atoms with Crippen LogP contribution in [0.1, 0.15) is 20.7 Å². The van der Waals surface area contributed by atoms with Crippen LogP contribution in [0.3, 0.4) is 0 Å². The molecule has 1 heterocycles. The molecule has 0 spiro atoms. The summed E-state index contributed by atoms with van der Waals surface area (Å²) in [4.78, 5) is 23.9. The van der Waals surface area contributed by atoms with Crippen molar-refractivity contribution in [2.24, 2.45) is 0 Å². The Morgan fingerprint density at radius 2 is 1.00 bits per heavy atom. The zero-order valence-electron chi connectivity index (χ0n) is 9.25. The number of fused-ring (bicyclic) bond motifs is 2. The molecule has 2 aromatic carbocycles. The third-order valence-electron chi connectivity index (χ3n) is 2.62. The molecule has 0 bridgehead atoms. The lowest BCUT2D eigenvalue weighted by molar-refractivity contribution is 0.0648. The Balaban J connectivity index is 2.16. The van der Waals surface area contributed by atoms with Crippen molar-refractivity contribution in [2.75, 3.05) is 0 Å². The van der Waals surface area contributed by atoms with Crippen molar-refractivity contribution in [2.45, 2.75) is 0 Å². The topological polar surface area (TPSA) is 52.6 Å². The Morgan fingerprint density at radius 3 is 1.44 bits per heavy atom. The predicted octanol–water partition coefficient (Wildman–Crippen LogP) is 2.44. The van der Waals surface area contributed by atoms with Gasteiger partial charge in [-0.25, -0.2) is 9.59 Å². The molecule has 88 valence electrons. The average Bonchev–Trinajstić information content (AvgIpc) is 2.39. The maximum absolute atomic E-state index is 11.9. The molecule has 0 unspecified atom stereocenters. The molecule has 3 rings (SSSR count). The molecule has 2 aromatic rings. The molecule has 0 saturated heterocycles. The van der Waals surface area contributed by atoms with E-state index in [4.69, 9.17) is 9.47 Å². The van der Waals surface area contributed by atoms with Gasteiger partial charge in [0.05, 0.1) is 11.1 Å². The van der Waals surface area contributed by atoms with E-state index in [0.717, 1.165) is 0 Å². The van der Waals surface area contributed by atoms with Crippen LogP contribution in [0, 0.1) is 0 Å². The second-order valence-electron chi connectivity index (χ2n) is 3.77. The van der Waals surface area contributed by atoms with Crippen LogP contribution in [0.5, 0.6) is 11.5 Å². The predicted molar refractivity (Wildman–Crippen MR) is 62.8 cm³/mol. The van der Waals surface area contributed by atoms with Crippen molar-refractivity contribution in [1.29, 1.82) is 0 Å². The molecule has 18 heavy (non-hydrogen) atoms. The summed E-state index contributed by atoms with van der Waals surface area (Å²) in [6.45, 7) is 0. The van der Waals surface area contributed by atoms with Gasteiger partial charge in [0.15, 0.2) is 11.5 Å². The lowest BCUT2D eigenvalue weighted by atomic mass is 10.1. The Morgan fingerprint density at radius 1 is 0.611 bits per heavy atom. The Labute approximate surface area is 103 Å². The van der Waals surface area contributed by atoms with Crippen molar-refractivity contribution in [3.8, 4) is 11.5 Å². The van der Waals surface area contributed by atoms with E-state index in [2.05, 4.69) is 0 Å². The van der Waals surface area contributed by atoms with Gasteiger partial charge in [0.1, 0.15) is 0 Å². The minimum atomic E-state index is -0.560. The molecular weight excluding hydrogens is 232 g/mol.